The van der Waals surface area contributed by atoms with Gasteiger partial charge in [0.15, 0.2) is 0 Å². The molecule has 6 heteroatoms. The lowest BCUT2D eigenvalue weighted by Gasteiger charge is -2.20. The maximum Gasteiger partial charge on any atom is 0.335 e. The molecule has 0 aromatic heterocycles. The molecule has 0 aliphatic heterocycles. The van der Waals surface area contributed by atoms with Crippen molar-refractivity contribution in [2.45, 2.75) is 71.3 Å². The molecule has 226 valence electrons. The number of aryl methyl sites for hydroxylation is 2. The minimum Gasteiger partial charge on any atom is -0.490 e. The molecule has 3 aromatic rings. The second-order valence-corrected chi connectivity index (χ2v) is 12.3. The van der Waals surface area contributed by atoms with Crippen LogP contribution in [0, 0.1) is 6.92 Å². The van der Waals surface area contributed by atoms with E-state index in [0.29, 0.717) is 5.56 Å². The number of amides is 1. The summed E-state index contributed by atoms with van der Waals surface area (Å²) in [5, 5.41) is 9.64. The van der Waals surface area contributed by atoms with E-state index in [9.17, 15) is 14.7 Å². The lowest BCUT2D eigenvalue weighted by molar-refractivity contribution is -0.123. The fraction of sp³-hybridized carbons (Fsp3) is 0.351. The first-order chi connectivity index (χ1) is 20.7. The van der Waals surface area contributed by atoms with Crippen LogP contribution in [0.15, 0.2) is 77.3 Å². The molecule has 0 saturated carbocycles. The van der Waals surface area contributed by atoms with Gasteiger partial charge in [0.2, 0.25) is 5.91 Å². The van der Waals surface area contributed by atoms with E-state index in [-0.39, 0.29) is 12.0 Å². The van der Waals surface area contributed by atoms with Crippen LogP contribution in [-0.4, -0.2) is 42.1 Å². The summed E-state index contributed by atoms with van der Waals surface area (Å²) in [6.45, 7) is 4.26. The van der Waals surface area contributed by atoms with Crippen LogP contribution in [0.2, 0.25) is 0 Å². The van der Waals surface area contributed by atoms with Gasteiger partial charge >= 0.3 is 5.97 Å². The third-order valence-electron chi connectivity index (χ3n) is 7.90. The average Bonchev–Trinajstić information content (AvgIpc) is 3.16. The van der Waals surface area contributed by atoms with Crippen LogP contribution in [0.4, 0.5) is 0 Å². The average molecular weight is 645 g/mol. The van der Waals surface area contributed by atoms with Gasteiger partial charge in [-0.3, -0.25) is 4.79 Å². The highest BCUT2D eigenvalue weighted by Gasteiger charge is 2.23. The number of aromatic carboxylic acids is 1. The van der Waals surface area contributed by atoms with E-state index in [1.165, 1.54) is 16.7 Å². The number of hydrogen-bond acceptors (Lipinski definition) is 3. The number of allylic oxidation sites excluding steroid dienone is 2. The molecule has 0 unspecified atom stereocenters. The summed E-state index contributed by atoms with van der Waals surface area (Å²) in [6.07, 6.45) is 11.1. The molecule has 1 aliphatic carbocycles. The highest BCUT2D eigenvalue weighted by molar-refractivity contribution is 9.10. The lowest BCUT2D eigenvalue weighted by Crippen LogP contribution is -2.18. The predicted octanol–water partition coefficient (Wildman–Crippen LogP) is 9.11. The summed E-state index contributed by atoms with van der Waals surface area (Å²) in [5.74, 6) is -0.0531. The number of likely N-dealkylation sites (N-methyl/N-ethyl adjacent to an activating group) is 1. The minimum absolute atomic E-state index is 0.00748. The Bertz CT molecular complexity index is 1500. The van der Waals surface area contributed by atoms with Crippen molar-refractivity contribution < 1.29 is 19.4 Å². The Balaban J connectivity index is 1.63. The number of carbonyl (C=O) groups is 2. The number of carboxylic acid groups (broad SMARTS) is 1. The van der Waals surface area contributed by atoms with E-state index < -0.39 is 5.97 Å². The molecule has 0 spiro atoms. The quantitative estimate of drug-likeness (QED) is 0.158. The third-order valence-corrected chi connectivity index (χ3v) is 8.56. The molecule has 0 heterocycles. The van der Waals surface area contributed by atoms with E-state index in [2.05, 4.69) is 72.2 Å². The second kappa shape index (κ2) is 15.2. The van der Waals surface area contributed by atoms with Crippen molar-refractivity contribution in [2.24, 2.45) is 0 Å². The Morgan fingerprint density at radius 2 is 1.74 bits per heavy atom. The fourth-order valence-corrected chi connectivity index (χ4v) is 6.39. The summed E-state index contributed by atoms with van der Waals surface area (Å²) in [7, 11) is 3.51. The SMILES string of the molecule is CCC[C@@H](CCC/C=C/C(=O)N(C)C)Oc1ccc(C2=C(c3ccc(C)cc3Br)CCCc3cc(C(=O)O)ccc32)cc1. The summed E-state index contributed by atoms with van der Waals surface area (Å²) < 4.78 is 7.52. The molecule has 3 aromatic carbocycles. The largest absolute Gasteiger partial charge is 0.490 e. The third kappa shape index (κ3) is 8.47. The van der Waals surface area contributed by atoms with E-state index >= 15 is 0 Å². The number of carboxylic acids is 1. The highest BCUT2D eigenvalue weighted by Crippen LogP contribution is 2.42. The highest BCUT2D eigenvalue weighted by atomic mass is 79.9. The molecule has 43 heavy (non-hydrogen) atoms. The maximum atomic E-state index is 11.8. The fourth-order valence-electron chi connectivity index (χ4n) is 5.66. The number of ether oxygens (including phenoxy) is 1. The Hall–Kier alpha value is -3.64. The van der Waals surface area contributed by atoms with Crippen molar-refractivity contribution in [3.63, 3.8) is 0 Å². The van der Waals surface area contributed by atoms with Crippen LogP contribution in [-0.2, 0) is 11.2 Å². The molecule has 1 aliphatic rings. The monoisotopic (exact) mass is 643 g/mol. The van der Waals surface area contributed by atoms with Crippen molar-refractivity contribution in [3.8, 4) is 5.75 Å². The Kier molecular flexibility index (Phi) is 11.4. The van der Waals surface area contributed by atoms with Crippen LogP contribution >= 0.6 is 15.9 Å². The van der Waals surface area contributed by atoms with Gasteiger partial charge in [-0.25, -0.2) is 4.79 Å². The zero-order chi connectivity index (χ0) is 30.9. The Labute approximate surface area is 264 Å². The van der Waals surface area contributed by atoms with Crippen molar-refractivity contribution >= 4 is 39.0 Å². The maximum absolute atomic E-state index is 11.8. The topological polar surface area (TPSA) is 66.8 Å². The van der Waals surface area contributed by atoms with Crippen LogP contribution in [0.25, 0.3) is 11.1 Å². The van der Waals surface area contributed by atoms with Crippen LogP contribution in [0.1, 0.15) is 90.0 Å². The van der Waals surface area contributed by atoms with E-state index in [0.717, 1.165) is 83.9 Å². The number of unbranched alkanes of at least 4 members (excludes halogenated alkanes) is 1. The molecule has 1 atom stereocenters. The van der Waals surface area contributed by atoms with Crippen LogP contribution in [0.5, 0.6) is 5.75 Å². The van der Waals surface area contributed by atoms with Crippen LogP contribution < -0.4 is 4.74 Å². The first kappa shape index (κ1) is 32.3. The zero-order valence-corrected chi connectivity index (χ0v) is 27.2. The molecule has 0 radical (unpaired) electrons. The van der Waals surface area contributed by atoms with Gasteiger partial charge in [-0.1, -0.05) is 65.7 Å². The summed E-state index contributed by atoms with van der Waals surface area (Å²) in [5.41, 5.74) is 8.32. The van der Waals surface area contributed by atoms with E-state index in [4.69, 9.17) is 4.74 Å². The molecule has 0 fully saturated rings. The first-order valence-corrected chi connectivity index (χ1v) is 16.0. The smallest absolute Gasteiger partial charge is 0.335 e. The molecule has 0 saturated heterocycles. The molecule has 4 rings (SSSR count). The van der Waals surface area contributed by atoms with Gasteiger partial charge in [0.05, 0.1) is 11.7 Å². The molecular weight excluding hydrogens is 602 g/mol. The van der Waals surface area contributed by atoms with Crippen molar-refractivity contribution in [2.75, 3.05) is 14.1 Å². The normalized spacial score (nSPS) is 13.9. The first-order valence-electron chi connectivity index (χ1n) is 15.2. The Morgan fingerprint density at radius 1 is 1.00 bits per heavy atom. The van der Waals surface area contributed by atoms with Crippen molar-refractivity contribution in [3.05, 3.63) is 111 Å². The minimum atomic E-state index is -0.903. The zero-order valence-electron chi connectivity index (χ0n) is 25.7. The van der Waals surface area contributed by atoms with Crippen LogP contribution in [0.3, 0.4) is 0 Å². The van der Waals surface area contributed by atoms with Gasteiger partial charge in [-0.2, -0.15) is 0 Å². The molecular formula is C37H42BrNO4. The van der Waals surface area contributed by atoms with E-state index in [1.807, 2.05) is 18.2 Å². The van der Waals surface area contributed by atoms with Crippen molar-refractivity contribution in [1.82, 2.24) is 4.90 Å². The van der Waals surface area contributed by atoms with Gasteiger partial charge in [-0.05, 0) is 127 Å². The summed E-state index contributed by atoms with van der Waals surface area (Å²) in [4.78, 5) is 25.1. The molecule has 5 nitrogen and oxygen atoms in total. The predicted molar refractivity (Wildman–Crippen MR) is 179 cm³/mol. The number of fused-ring (bicyclic) bond motifs is 1. The lowest BCUT2D eigenvalue weighted by atomic mass is 9.87. The number of nitrogens with zero attached hydrogens (tertiary/aromatic N) is 1. The van der Waals surface area contributed by atoms with Crippen molar-refractivity contribution in [1.29, 1.82) is 0 Å². The number of benzene rings is 3. The number of rotatable bonds is 12. The van der Waals surface area contributed by atoms with Gasteiger partial charge in [0, 0.05) is 18.6 Å². The molecule has 0 bridgehead atoms. The van der Waals surface area contributed by atoms with Gasteiger partial charge < -0.3 is 14.7 Å². The number of carbonyl (C=O) groups excluding carboxylic acids is 1. The number of hydrogen-bond donors (Lipinski definition) is 1. The number of halogens is 1. The molecule has 1 N–H and O–H groups in total. The van der Waals surface area contributed by atoms with Gasteiger partial charge in [0.1, 0.15) is 5.75 Å². The van der Waals surface area contributed by atoms with E-state index in [1.54, 1.807) is 31.1 Å². The van der Waals surface area contributed by atoms with Gasteiger partial charge in [0.25, 0.3) is 0 Å². The Morgan fingerprint density at radius 3 is 2.42 bits per heavy atom. The standard InChI is InChI=1S/C37H42BrNO4/c1-5-10-29(12-7-6-8-14-35(40)39(3)4)43-30-19-16-26(17-20-30)36-31-22-18-28(37(41)42)24-27(31)11-9-13-33(36)32-21-15-25(2)23-34(32)38/h8,14-24,29H,5-7,9-13H2,1-4H3,(H,41,42)/b14-8+/t29-/m0/s1. The summed E-state index contributed by atoms with van der Waals surface area (Å²) >= 11 is 3.82. The van der Waals surface area contributed by atoms with Gasteiger partial charge in [-0.15, -0.1) is 0 Å². The molecule has 1 amide bonds. The summed E-state index contributed by atoms with van der Waals surface area (Å²) in [6, 6.07) is 20.4. The second-order valence-electron chi connectivity index (χ2n) is 11.5.